The third-order valence-electron chi connectivity index (χ3n) is 6.29. The molecule has 0 aromatic heterocycles. The molecule has 1 rings (SSSR count). The minimum atomic E-state index is -0.851. The lowest BCUT2D eigenvalue weighted by molar-refractivity contribution is -0.132. The van der Waals surface area contributed by atoms with Gasteiger partial charge in [-0.05, 0) is 61.1 Å². The van der Waals surface area contributed by atoms with Crippen molar-refractivity contribution in [2.45, 2.75) is 92.2 Å². The maximum Gasteiger partial charge on any atom is 0.312 e. The van der Waals surface area contributed by atoms with Gasteiger partial charge in [-0.25, -0.2) is 4.79 Å². The lowest BCUT2D eigenvalue weighted by Crippen LogP contribution is -2.54. The van der Waals surface area contributed by atoms with Crippen LogP contribution in [0.15, 0.2) is 24.3 Å². The molecule has 0 radical (unpaired) electrons. The number of anilines is 1. The van der Waals surface area contributed by atoms with Gasteiger partial charge >= 0.3 is 6.03 Å². The van der Waals surface area contributed by atoms with E-state index >= 15 is 0 Å². The van der Waals surface area contributed by atoms with Crippen molar-refractivity contribution >= 4 is 29.4 Å². The SMILES string of the molecule is CCC(C)CCC(=O)NC(C(=O)N[C@@H](CCCNC(N)=O)C(=O)Nc1ccc(CC(C)C)cc1)C(C)C. The number of nitrogens with two attached hydrogens (primary N) is 1. The molecule has 0 aliphatic rings. The lowest BCUT2D eigenvalue weighted by atomic mass is 10.00. The molecule has 1 aromatic carbocycles. The lowest BCUT2D eigenvalue weighted by Gasteiger charge is -2.25. The summed E-state index contributed by atoms with van der Waals surface area (Å²) in [6.07, 6.45) is 3.75. The number of hydrogen-bond donors (Lipinski definition) is 5. The Labute approximate surface area is 222 Å². The van der Waals surface area contributed by atoms with Gasteiger partial charge in [0.1, 0.15) is 12.1 Å². The molecule has 1 aromatic rings. The standard InChI is InChI=1S/C28H47N5O4/c1-7-20(6)10-15-24(34)33-25(19(4)5)27(36)32-23(9-8-16-30-28(29)37)26(35)31-22-13-11-21(12-14-22)17-18(2)3/h11-14,18-20,23,25H,7-10,15-17H2,1-6H3,(H,31,35)(H,32,36)(H,33,34)(H3,29,30,37)/t20?,23-,25?/m0/s1. The van der Waals surface area contributed by atoms with Crippen LogP contribution >= 0.6 is 0 Å². The minimum absolute atomic E-state index is 0.165. The first kappa shape index (κ1) is 31.9. The first-order chi connectivity index (χ1) is 17.4. The van der Waals surface area contributed by atoms with E-state index in [0.717, 1.165) is 19.3 Å². The van der Waals surface area contributed by atoms with Crippen LogP contribution in [0, 0.1) is 17.8 Å². The van der Waals surface area contributed by atoms with Crippen LogP contribution in [0.4, 0.5) is 10.5 Å². The molecule has 0 spiro atoms. The molecule has 37 heavy (non-hydrogen) atoms. The maximum absolute atomic E-state index is 13.2. The van der Waals surface area contributed by atoms with Crippen LogP contribution in [0.25, 0.3) is 0 Å². The number of rotatable bonds is 16. The summed E-state index contributed by atoms with van der Waals surface area (Å²) in [6.45, 7) is 12.4. The second-order valence-corrected chi connectivity index (χ2v) is 10.6. The number of amides is 5. The van der Waals surface area contributed by atoms with Gasteiger partial charge in [0.2, 0.25) is 17.7 Å². The van der Waals surface area contributed by atoms with Crippen LogP contribution in [-0.4, -0.2) is 42.4 Å². The van der Waals surface area contributed by atoms with Crippen LogP contribution in [0.5, 0.6) is 0 Å². The van der Waals surface area contributed by atoms with E-state index in [0.29, 0.717) is 30.4 Å². The highest BCUT2D eigenvalue weighted by Crippen LogP contribution is 2.15. The van der Waals surface area contributed by atoms with E-state index in [1.54, 1.807) is 0 Å². The Kier molecular flexibility index (Phi) is 14.3. The molecular weight excluding hydrogens is 470 g/mol. The summed E-state index contributed by atoms with van der Waals surface area (Å²) in [5, 5.41) is 11.0. The fraction of sp³-hybridized carbons (Fsp3) is 0.643. The van der Waals surface area contributed by atoms with Gasteiger partial charge in [0.25, 0.3) is 0 Å². The van der Waals surface area contributed by atoms with E-state index in [-0.39, 0.29) is 30.7 Å². The molecule has 6 N–H and O–H groups in total. The van der Waals surface area contributed by atoms with Crippen molar-refractivity contribution < 1.29 is 19.2 Å². The van der Waals surface area contributed by atoms with Crippen molar-refractivity contribution in [3.63, 3.8) is 0 Å². The molecule has 0 aliphatic heterocycles. The Morgan fingerprint density at radius 1 is 0.892 bits per heavy atom. The van der Waals surface area contributed by atoms with Crippen LogP contribution in [-0.2, 0) is 20.8 Å². The van der Waals surface area contributed by atoms with Crippen LogP contribution in [0.3, 0.4) is 0 Å². The quantitative estimate of drug-likeness (QED) is 0.213. The first-order valence-electron chi connectivity index (χ1n) is 13.5. The Bertz CT molecular complexity index is 870. The van der Waals surface area contributed by atoms with Gasteiger partial charge in [0.15, 0.2) is 0 Å². The monoisotopic (exact) mass is 517 g/mol. The van der Waals surface area contributed by atoms with Crippen molar-refractivity contribution in [3.8, 4) is 0 Å². The van der Waals surface area contributed by atoms with Gasteiger partial charge in [0, 0.05) is 18.7 Å². The highest BCUT2D eigenvalue weighted by Gasteiger charge is 2.28. The largest absolute Gasteiger partial charge is 0.352 e. The molecule has 0 bridgehead atoms. The number of primary amides is 1. The summed E-state index contributed by atoms with van der Waals surface area (Å²) in [5.74, 6) is -0.169. The van der Waals surface area contributed by atoms with Gasteiger partial charge < -0.3 is 27.0 Å². The summed E-state index contributed by atoms with van der Waals surface area (Å²) >= 11 is 0. The molecule has 0 saturated heterocycles. The number of hydrogen-bond acceptors (Lipinski definition) is 4. The van der Waals surface area contributed by atoms with Crippen LogP contribution < -0.4 is 27.0 Å². The fourth-order valence-electron chi connectivity index (χ4n) is 3.84. The summed E-state index contributed by atoms with van der Waals surface area (Å²) in [7, 11) is 0. The summed E-state index contributed by atoms with van der Waals surface area (Å²) in [5.41, 5.74) is 6.94. The van der Waals surface area contributed by atoms with E-state index in [1.807, 2.05) is 38.1 Å². The van der Waals surface area contributed by atoms with Gasteiger partial charge in [-0.15, -0.1) is 0 Å². The molecule has 208 valence electrons. The average Bonchev–Trinajstić information content (AvgIpc) is 2.83. The number of benzene rings is 1. The van der Waals surface area contributed by atoms with Crippen molar-refractivity contribution in [2.75, 3.05) is 11.9 Å². The zero-order chi connectivity index (χ0) is 28.0. The van der Waals surface area contributed by atoms with E-state index in [4.69, 9.17) is 5.73 Å². The molecule has 0 saturated carbocycles. The summed E-state index contributed by atoms with van der Waals surface area (Å²) in [6, 6.07) is 5.38. The molecule has 3 atom stereocenters. The number of carbonyl (C=O) groups excluding carboxylic acids is 4. The third kappa shape index (κ3) is 13.1. The smallest absolute Gasteiger partial charge is 0.312 e. The molecule has 9 nitrogen and oxygen atoms in total. The van der Waals surface area contributed by atoms with Crippen LogP contribution in [0.1, 0.15) is 79.2 Å². The molecule has 0 fully saturated rings. The topological polar surface area (TPSA) is 142 Å². The highest BCUT2D eigenvalue weighted by atomic mass is 16.2. The minimum Gasteiger partial charge on any atom is -0.352 e. The predicted octanol–water partition coefficient (Wildman–Crippen LogP) is 3.72. The van der Waals surface area contributed by atoms with Gasteiger partial charge in [0.05, 0.1) is 0 Å². The molecule has 5 amide bonds. The number of nitrogens with one attached hydrogen (secondary N) is 4. The molecule has 2 unspecified atom stereocenters. The zero-order valence-corrected chi connectivity index (χ0v) is 23.4. The van der Waals surface area contributed by atoms with E-state index < -0.39 is 24.0 Å². The van der Waals surface area contributed by atoms with Crippen LogP contribution in [0.2, 0.25) is 0 Å². The molecular formula is C28H47N5O4. The van der Waals surface area contributed by atoms with Crippen molar-refractivity contribution in [3.05, 3.63) is 29.8 Å². The molecule has 0 heterocycles. The zero-order valence-electron chi connectivity index (χ0n) is 23.4. The second-order valence-electron chi connectivity index (χ2n) is 10.6. The molecule has 9 heteroatoms. The van der Waals surface area contributed by atoms with Gasteiger partial charge in [-0.3, -0.25) is 14.4 Å². The van der Waals surface area contributed by atoms with Gasteiger partial charge in [-0.2, -0.15) is 0 Å². The molecule has 0 aliphatic carbocycles. The maximum atomic E-state index is 13.2. The van der Waals surface area contributed by atoms with Crippen molar-refractivity contribution in [1.82, 2.24) is 16.0 Å². The Morgan fingerprint density at radius 2 is 1.54 bits per heavy atom. The fourth-order valence-corrected chi connectivity index (χ4v) is 3.84. The Balaban J connectivity index is 2.90. The van der Waals surface area contributed by atoms with Crippen molar-refractivity contribution in [1.29, 1.82) is 0 Å². The van der Waals surface area contributed by atoms with E-state index in [2.05, 4.69) is 49.0 Å². The predicted molar refractivity (Wildman–Crippen MR) is 148 cm³/mol. The van der Waals surface area contributed by atoms with E-state index in [9.17, 15) is 19.2 Å². The summed E-state index contributed by atoms with van der Waals surface area (Å²) in [4.78, 5) is 49.8. The third-order valence-corrected chi connectivity index (χ3v) is 6.29. The normalized spacial score (nSPS) is 13.5. The Hall–Kier alpha value is -3.10. The van der Waals surface area contributed by atoms with Crippen molar-refractivity contribution in [2.24, 2.45) is 23.5 Å². The second kappa shape index (κ2) is 16.6. The average molecular weight is 518 g/mol. The first-order valence-corrected chi connectivity index (χ1v) is 13.5. The number of urea groups is 1. The van der Waals surface area contributed by atoms with E-state index in [1.165, 1.54) is 5.56 Å². The Morgan fingerprint density at radius 3 is 2.08 bits per heavy atom. The van der Waals surface area contributed by atoms with Gasteiger partial charge in [-0.1, -0.05) is 60.1 Å². The summed E-state index contributed by atoms with van der Waals surface area (Å²) < 4.78 is 0. The number of carbonyl (C=O) groups is 4. The highest BCUT2D eigenvalue weighted by molar-refractivity contribution is 5.98.